The minimum atomic E-state index is -0.212. The van der Waals surface area contributed by atoms with Gasteiger partial charge < -0.3 is 9.64 Å². The van der Waals surface area contributed by atoms with Crippen molar-refractivity contribution in [2.75, 3.05) is 13.1 Å². The van der Waals surface area contributed by atoms with Crippen LogP contribution in [0.1, 0.15) is 66.6 Å². The van der Waals surface area contributed by atoms with Crippen LogP contribution in [0.5, 0.6) is 5.75 Å². The van der Waals surface area contributed by atoms with Crippen LogP contribution < -0.4 is 4.74 Å². The molecule has 0 aliphatic carbocycles. The van der Waals surface area contributed by atoms with Gasteiger partial charge in [0, 0.05) is 36.5 Å². The third-order valence-electron chi connectivity index (χ3n) is 6.71. The van der Waals surface area contributed by atoms with Crippen molar-refractivity contribution < 1.29 is 14.3 Å². The second kappa shape index (κ2) is 7.76. The van der Waals surface area contributed by atoms with Gasteiger partial charge in [0.1, 0.15) is 17.5 Å². The number of piperidine rings is 1. The molecule has 6 heteroatoms. The van der Waals surface area contributed by atoms with Gasteiger partial charge in [-0.1, -0.05) is 51.1 Å². The molecule has 1 amide bonds. The standard InChI is InChI=1S/C26H29N3O3/c1-26(2,3)23-13-19(27-28-23)25(31)29-12-6-8-17(15-29)22-14-20(30)24-18-9-5-4-7-16(18)10-11-21(24)32-22/h4-5,7,9-11,13,17,22H,6,8,12,14-15H2,1-3H3,(H,27,28)/t17-,22+/m1/s1. The van der Waals surface area contributed by atoms with Crippen molar-refractivity contribution in [2.24, 2.45) is 5.92 Å². The van der Waals surface area contributed by atoms with Gasteiger partial charge in [0.2, 0.25) is 0 Å². The van der Waals surface area contributed by atoms with Crippen molar-refractivity contribution >= 4 is 22.5 Å². The smallest absolute Gasteiger partial charge is 0.274 e. The van der Waals surface area contributed by atoms with Crippen LogP contribution in [0.15, 0.2) is 42.5 Å². The number of ketones is 1. The maximum atomic E-state index is 13.1. The zero-order chi connectivity index (χ0) is 22.5. The summed E-state index contributed by atoms with van der Waals surface area (Å²) in [6, 6.07) is 13.7. The largest absolute Gasteiger partial charge is 0.489 e. The Morgan fingerprint density at radius 3 is 2.78 bits per heavy atom. The summed E-state index contributed by atoms with van der Waals surface area (Å²) in [5.74, 6) is 0.849. The van der Waals surface area contributed by atoms with Crippen LogP contribution in [0.3, 0.4) is 0 Å². The summed E-state index contributed by atoms with van der Waals surface area (Å²) in [6.07, 6.45) is 1.98. The summed E-state index contributed by atoms with van der Waals surface area (Å²) >= 11 is 0. The molecule has 1 aromatic heterocycles. The van der Waals surface area contributed by atoms with Crippen LogP contribution in [0.4, 0.5) is 0 Å². The van der Waals surface area contributed by atoms with Crippen molar-refractivity contribution in [1.29, 1.82) is 0 Å². The Labute approximate surface area is 187 Å². The predicted octanol–water partition coefficient (Wildman–Crippen LogP) is 4.75. The predicted molar refractivity (Wildman–Crippen MR) is 123 cm³/mol. The van der Waals surface area contributed by atoms with E-state index in [1.54, 1.807) is 0 Å². The van der Waals surface area contributed by atoms with Gasteiger partial charge in [-0.2, -0.15) is 5.10 Å². The summed E-state index contributed by atoms with van der Waals surface area (Å²) in [5.41, 5.74) is 1.99. The lowest BCUT2D eigenvalue weighted by atomic mass is 9.85. The number of fused-ring (bicyclic) bond motifs is 3. The fourth-order valence-corrected chi connectivity index (χ4v) is 4.87. The highest BCUT2D eigenvalue weighted by atomic mass is 16.5. The Morgan fingerprint density at radius 2 is 2.00 bits per heavy atom. The molecule has 3 aromatic rings. The van der Waals surface area contributed by atoms with E-state index in [4.69, 9.17) is 4.74 Å². The van der Waals surface area contributed by atoms with Gasteiger partial charge in [0.25, 0.3) is 5.91 Å². The van der Waals surface area contributed by atoms with Crippen molar-refractivity contribution in [3.8, 4) is 5.75 Å². The fourth-order valence-electron chi connectivity index (χ4n) is 4.87. The molecular formula is C26H29N3O3. The summed E-state index contributed by atoms with van der Waals surface area (Å²) in [6.45, 7) is 7.55. The van der Waals surface area contributed by atoms with Gasteiger partial charge in [-0.05, 0) is 35.7 Å². The van der Waals surface area contributed by atoms with Crippen LogP contribution in [0.2, 0.25) is 0 Å². The van der Waals surface area contributed by atoms with Crippen LogP contribution in [-0.2, 0) is 5.41 Å². The molecule has 166 valence electrons. The Kier molecular flexibility index (Phi) is 5.03. The highest BCUT2D eigenvalue weighted by molar-refractivity contribution is 6.11. The molecule has 2 aliphatic rings. The number of nitrogens with zero attached hydrogens (tertiary/aromatic N) is 2. The second-order valence-corrected chi connectivity index (χ2v) is 10.0. The number of carbonyl (C=O) groups excluding carboxylic acids is 2. The minimum Gasteiger partial charge on any atom is -0.489 e. The SMILES string of the molecule is CC(C)(C)c1cc(C(=O)N2CCC[C@@H]([C@@H]3CC(=O)c4c(ccc5ccccc45)O3)C2)n[nH]1. The average Bonchev–Trinajstić information content (AvgIpc) is 3.29. The molecule has 2 aliphatic heterocycles. The van der Waals surface area contributed by atoms with E-state index in [-0.39, 0.29) is 29.1 Å². The Balaban J connectivity index is 1.34. The van der Waals surface area contributed by atoms with Gasteiger partial charge in [0.15, 0.2) is 5.78 Å². The molecule has 2 aromatic carbocycles. The van der Waals surface area contributed by atoms with Crippen LogP contribution in [0, 0.1) is 5.92 Å². The molecule has 5 rings (SSSR count). The van der Waals surface area contributed by atoms with Crippen LogP contribution in [0.25, 0.3) is 10.8 Å². The Hall–Kier alpha value is -3.15. The second-order valence-electron chi connectivity index (χ2n) is 10.0. The third-order valence-corrected chi connectivity index (χ3v) is 6.71. The zero-order valence-electron chi connectivity index (χ0n) is 18.9. The number of ether oxygens (including phenoxy) is 1. The van der Waals surface area contributed by atoms with Crippen LogP contribution in [-0.4, -0.2) is 46.0 Å². The van der Waals surface area contributed by atoms with Crippen molar-refractivity contribution in [3.63, 3.8) is 0 Å². The molecule has 3 heterocycles. The topological polar surface area (TPSA) is 75.3 Å². The highest BCUT2D eigenvalue weighted by Gasteiger charge is 2.37. The number of rotatable bonds is 2. The first-order valence-corrected chi connectivity index (χ1v) is 11.4. The molecule has 0 unspecified atom stereocenters. The van der Waals surface area contributed by atoms with E-state index in [1.165, 1.54) is 0 Å². The number of H-pyrrole nitrogens is 1. The average molecular weight is 432 g/mol. The number of Topliss-reactive ketones (excluding diaryl/α,β-unsaturated/α-hetero) is 1. The van der Waals surface area contributed by atoms with E-state index in [1.807, 2.05) is 47.4 Å². The monoisotopic (exact) mass is 431 g/mol. The van der Waals surface area contributed by atoms with E-state index >= 15 is 0 Å². The molecule has 2 atom stereocenters. The van der Waals surface area contributed by atoms with Gasteiger partial charge in [-0.15, -0.1) is 0 Å². The van der Waals surface area contributed by atoms with Crippen molar-refractivity contribution in [1.82, 2.24) is 15.1 Å². The molecule has 0 saturated carbocycles. The third kappa shape index (κ3) is 3.68. The van der Waals surface area contributed by atoms with E-state index < -0.39 is 0 Å². The van der Waals surface area contributed by atoms with Gasteiger partial charge in [-0.3, -0.25) is 14.7 Å². The molecule has 1 N–H and O–H groups in total. The van der Waals surface area contributed by atoms with Gasteiger partial charge in [0.05, 0.1) is 5.56 Å². The molecule has 0 spiro atoms. The lowest BCUT2D eigenvalue weighted by Gasteiger charge is -2.38. The highest BCUT2D eigenvalue weighted by Crippen LogP contribution is 2.37. The number of amides is 1. The number of hydrogen-bond donors (Lipinski definition) is 1. The number of benzene rings is 2. The quantitative estimate of drug-likeness (QED) is 0.636. The minimum absolute atomic E-state index is 0.0602. The number of nitrogens with one attached hydrogen (secondary N) is 1. The van der Waals surface area contributed by atoms with E-state index in [9.17, 15) is 9.59 Å². The number of carbonyl (C=O) groups is 2. The van der Waals surface area contributed by atoms with Gasteiger partial charge in [-0.25, -0.2) is 0 Å². The molecule has 0 radical (unpaired) electrons. The Morgan fingerprint density at radius 1 is 1.19 bits per heavy atom. The molecule has 1 saturated heterocycles. The number of aromatic nitrogens is 2. The first kappa shape index (κ1) is 20.7. The zero-order valence-corrected chi connectivity index (χ0v) is 18.9. The lowest BCUT2D eigenvalue weighted by molar-refractivity contribution is 0.0407. The maximum absolute atomic E-state index is 13.1. The first-order chi connectivity index (χ1) is 15.3. The summed E-state index contributed by atoms with van der Waals surface area (Å²) in [5, 5.41) is 9.26. The maximum Gasteiger partial charge on any atom is 0.274 e. The lowest BCUT2D eigenvalue weighted by Crippen LogP contribution is -2.46. The van der Waals surface area contributed by atoms with Crippen LogP contribution >= 0.6 is 0 Å². The molecule has 6 nitrogen and oxygen atoms in total. The van der Waals surface area contributed by atoms with Crippen molar-refractivity contribution in [3.05, 3.63) is 59.4 Å². The molecule has 0 bridgehead atoms. The first-order valence-electron chi connectivity index (χ1n) is 11.4. The Bertz CT molecular complexity index is 1190. The normalized spacial score (nSPS) is 21.3. The molecule has 32 heavy (non-hydrogen) atoms. The molecule has 1 fully saturated rings. The number of aromatic amines is 1. The fraction of sp³-hybridized carbons (Fsp3) is 0.423. The van der Waals surface area contributed by atoms with E-state index in [0.29, 0.717) is 36.5 Å². The van der Waals surface area contributed by atoms with Crippen molar-refractivity contribution in [2.45, 2.75) is 51.6 Å². The van der Waals surface area contributed by atoms with E-state index in [0.717, 1.165) is 29.3 Å². The number of hydrogen-bond acceptors (Lipinski definition) is 4. The van der Waals surface area contributed by atoms with E-state index in [2.05, 4.69) is 31.0 Å². The summed E-state index contributed by atoms with van der Waals surface area (Å²) in [4.78, 5) is 28.1. The summed E-state index contributed by atoms with van der Waals surface area (Å²) < 4.78 is 6.35. The van der Waals surface area contributed by atoms with Gasteiger partial charge >= 0.3 is 0 Å². The molecular weight excluding hydrogens is 402 g/mol. The summed E-state index contributed by atoms with van der Waals surface area (Å²) in [7, 11) is 0. The number of likely N-dealkylation sites (tertiary alicyclic amines) is 1.